The Morgan fingerprint density at radius 1 is 0.742 bits per heavy atom. The number of hydrogen-bond acceptors (Lipinski definition) is 4. The molecule has 7 aromatic rings. The summed E-state index contributed by atoms with van der Waals surface area (Å²) in [5.41, 5.74) is 10.7. The normalized spacial score (nSPS) is 12.0. The molecule has 6 heteroatoms. The van der Waals surface area contributed by atoms with Crippen molar-refractivity contribution in [1.29, 1.82) is 0 Å². The van der Waals surface area contributed by atoms with E-state index < -0.39 is 0 Å². The number of aromatic amines is 1. The van der Waals surface area contributed by atoms with Crippen LogP contribution < -0.4 is 5.73 Å². The molecule has 3 N–H and O–H groups in total. The Balaban J connectivity index is 1.70. The van der Waals surface area contributed by atoms with Crippen molar-refractivity contribution in [2.45, 2.75) is 0 Å². The van der Waals surface area contributed by atoms with Gasteiger partial charge in [-0.25, -0.2) is 15.0 Å². The molecule has 0 fully saturated rings. The van der Waals surface area contributed by atoms with Crippen LogP contribution in [0.4, 0.5) is 5.82 Å². The average Bonchev–Trinajstić information content (AvgIpc) is 3.41. The summed E-state index contributed by atoms with van der Waals surface area (Å²) in [6.45, 7) is 0. The van der Waals surface area contributed by atoms with Crippen LogP contribution in [0.25, 0.3) is 60.2 Å². The number of nitrogens with zero attached hydrogens (tertiary/aromatic N) is 4. The zero-order valence-corrected chi connectivity index (χ0v) is 16.4. The van der Waals surface area contributed by atoms with Crippen molar-refractivity contribution < 1.29 is 0 Å². The highest BCUT2D eigenvalue weighted by Crippen LogP contribution is 2.39. The van der Waals surface area contributed by atoms with Crippen molar-refractivity contribution in [3.8, 4) is 5.69 Å². The first kappa shape index (κ1) is 16.4. The number of nitrogens with one attached hydrogen (secondary N) is 1. The molecule has 0 amide bonds. The zero-order valence-electron chi connectivity index (χ0n) is 16.4. The second-order valence-electron chi connectivity index (χ2n) is 7.74. The Bertz CT molecular complexity index is 1810. The fourth-order valence-electron chi connectivity index (χ4n) is 4.77. The minimum absolute atomic E-state index is 0.411. The number of fused-ring (bicyclic) bond motifs is 8. The number of hydrogen-bond donors (Lipinski definition) is 2. The molecule has 0 radical (unpaired) electrons. The number of aromatic nitrogens is 5. The van der Waals surface area contributed by atoms with E-state index in [1.54, 1.807) is 6.33 Å². The molecule has 6 nitrogen and oxygen atoms in total. The van der Waals surface area contributed by atoms with E-state index >= 15 is 0 Å². The maximum absolute atomic E-state index is 6.20. The topological polar surface area (TPSA) is 85.4 Å². The van der Waals surface area contributed by atoms with E-state index in [1.807, 2.05) is 4.57 Å². The van der Waals surface area contributed by atoms with Crippen molar-refractivity contribution in [1.82, 2.24) is 24.5 Å². The van der Waals surface area contributed by atoms with Gasteiger partial charge in [-0.2, -0.15) is 0 Å². The first-order valence-electron chi connectivity index (χ1n) is 10.1. The van der Waals surface area contributed by atoms with Gasteiger partial charge in [-0.1, -0.05) is 54.6 Å². The third-order valence-corrected chi connectivity index (χ3v) is 6.10. The van der Waals surface area contributed by atoms with Gasteiger partial charge in [-0.3, -0.25) is 4.57 Å². The van der Waals surface area contributed by atoms with Crippen LogP contribution in [0, 0.1) is 0 Å². The Labute approximate surface area is 176 Å². The fourth-order valence-corrected chi connectivity index (χ4v) is 4.77. The molecular formula is C25H16N6. The predicted octanol–water partition coefficient (Wildman–Crippen LogP) is 5.34. The Morgan fingerprint density at radius 2 is 1.52 bits per heavy atom. The van der Waals surface area contributed by atoms with Crippen LogP contribution >= 0.6 is 0 Å². The number of benzene rings is 4. The molecule has 7 rings (SSSR count). The summed E-state index contributed by atoms with van der Waals surface area (Å²) in [5, 5.41) is 7.24. The molecule has 3 aromatic heterocycles. The minimum atomic E-state index is 0.411. The first-order valence-corrected chi connectivity index (χ1v) is 10.1. The summed E-state index contributed by atoms with van der Waals surface area (Å²) in [5.74, 6) is 0.411. The summed E-state index contributed by atoms with van der Waals surface area (Å²) in [6, 6.07) is 23.5. The van der Waals surface area contributed by atoms with Crippen LogP contribution in [0.3, 0.4) is 0 Å². The molecule has 0 saturated heterocycles. The number of rotatable bonds is 1. The van der Waals surface area contributed by atoms with Crippen LogP contribution in [-0.4, -0.2) is 24.5 Å². The highest BCUT2D eigenvalue weighted by Gasteiger charge is 2.17. The molecule has 0 bridgehead atoms. The van der Waals surface area contributed by atoms with Crippen molar-refractivity contribution in [3.05, 3.63) is 79.4 Å². The van der Waals surface area contributed by atoms with E-state index in [-0.39, 0.29) is 0 Å². The number of anilines is 1. The minimum Gasteiger partial charge on any atom is -0.382 e. The SMILES string of the molecule is Nc1ncnc2ncn(-c3cc4[nH]c5ccc6ccccc6c5c4c4ccccc34)c12. The molecule has 31 heavy (non-hydrogen) atoms. The third-order valence-electron chi connectivity index (χ3n) is 6.10. The van der Waals surface area contributed by atoms with Gasteiger partial charge < -0.3 is 10.7 Å². The maximum Gasteiger partial charge on any atom is 0.183 e. The standard InChI is InChI=1S/C25H16N6/c26-24-23-25(28-12-27-24)29-13-31(23)20-11-19-22(17-8-4-3-7-16(17)20)21-15-6-2-1-5-14(15)9-10-18(21)30-19/h1-13,30H,(H2,26,27,28). The van der Waals surface area contributed by atoms with Gasteiger partial charge in [0.2, 0.25) is 0 Å². The van der Waals surface area contributed by atoms with E-state index in [0.717, 1.165) is 22.1 Å². The van der Waals surface area contributed by atoms with Gasteiger partial charge in [0.1, 0.15) is 18.2 Å². The molecule has 0 aliphatic rings. The Hall–Kier alpha value is -4.45. The molecule has 0 aliphatic carbocycles. The third kappa shape index (κ3) is 2.13. The van der Waals surface area contributed by atoms with Crippen LogP contribution in [0.5, 0.6) is 0 Å². The quantitative estimate of drug-likeness (QED) is 0.390. The van der Waals surface area contributed by atoms with Crippen molar-refractivity contribution in [3.63, 3.8) is 0 Å². The lowest BCUT2D eigenvalue weighted by Gasteiger charge is -2.11. The maximum atomic E-state index is 6.20. The zero-order chi connectivity index (χ0) is 20.5. The van der Waals surface area contributed by atoms with Crippen LogP contribution in [0.15, 0.2) is 79.4 Å². The monoisotopic (exact) mass is 400 g/mol. The summed E-state index contributed by atoms with van der Waals surface area (Å²) < 4.78 is 1.98. The lowest BCUT2D eigenvalue weighted by molar-refractivity contribution is 1.10. The van der Waals surface area contributed by atoms with Gasteiger partial charge in [0.25, 0.3) is 0 Å². The lowest BCUT2D eigenvalue weighted by atomic mass is 9.98. The fraction of sp³-hybridized carbons (Fsp3) is 0. The second-order valence-corrected chi connectivity index (χ2v) is 7.74. The summed E-state index contributed by atoms with van der Waals surface area (Å²) in [7, 11) is 0. The summed E-state index contributed by atoms with van der Waals surface area (Å²) in [4.78, 5) is 16.5. The molecule has 0 aliphatic heterocycles. The lowest BCUT2D eigenvalue weighted by Crippen LogP contribution is -1.99. The second kappa shape index (κ2) is 5.79. The van der Waals surface area contributed by atoms with E-state index in [9.17, 15) is 0 Å². The molecule has 0 saturated carbocycles. The molecule has 0 atom stereocenters. The van der Waals surface area contributed by atoms with E-state index in [2.05, 4.69) is 86.7 Å². The van der Waals surface area contributed by atoms with Gasteiger partial charge >= 0.3 is 0 Å². The Morgan fingerprint density at radius 3 is 2.42 bits per heavy atom. The summed E-state index contributed by atoms with van der Waals surface area (Å²) in [6.07, 6.45) is 3.21. The van der Waals surface area contributed by atoms with Gasteiger partial charge in [-0.15, -0.1) is 0 Å². The van der Waals surface area contributed by atoms with Crippen LogP contribution in [0.1, 0.15) is 0 Å². The van der Waals surface area contributed by atoms with E-state index in [1.165, 1.54) is 33.3 Å². The van der Waals surface area contributed by atoms with Crippen LogP contribution in [-0.2, 0) is 0 Å². The van der Waals surface area contributed by atoms with Crippen molar-refractivity contribution in [2.24, 2.45) is 0 Å². The molecule has 0 unspecified atom stereocenters. The van der Waals surface area contributed by atoms with Crippen molar-refractivity contribution in [2.75, 3.05) is 5.73 Å². The molecule has 4 aromatic carbocycles. The average molecular weight is 400 g/mol. The number of nitrogen functional groups attached to an aromatic ring is 1. The Kier molecular flexibility index (Phi) is 3.06. The van der Waals surface area contributed by atoms with Gasteiger partial charge in [0.05, 0.1) is 5.69 Å². The smallest absolute Gasteiger partial charge is 0.183 e. The van der Waals surface area contributed by atoms with E-state index in [0.29, 0.717) is 17.0 Å². The van der Waals surface area contributed by atoms with Gasteiger partial charge in [0.15, 0.2) is 11.5 Å². The number of nitrogens with two attached hydrogens (primary N) is 1. The van der Waals surface area contributed by atoms with E-state index in [4.69, 9.17) is 5.73 Å². The highest BCUT2D eigenvalue weighted by atomic mass is 15.1. The van der Waals surface area contributed by atoms with Gasteiger partial charge in [0, 0.05) is 27.2 Å². The number of imidazole rings is 1. The van der Waals surface area contributed by atoms with Crippen molar-refractivity contribution >= 4 is 60.3 Å². The first-order chi connectivity index (χ1) is 15.3. The predicted molar refractivity (Wildman–Crippen MR) is 125 cm³/mol. The number of H-pyrrole nitrogens is 1. The highest BCUT2D eigenvalue weighted by molar-refractivity contribution is 6.28. The largest absolute Gasteiger partial charge is 0.382 e. The molecule has 3 heterocycles. The van der Waals surface area contributed by atoms with Gasteiger partial charge in [-0.05, 0) is 28.3 Å². The van der Waals surface area contributed by atoms with Crippen LogP contribution in [0.2, 0.25) is 0 Å². The molecular weight excluding hydrogens is 384 g/mol. The summed E-state index contributed by atoms with van der Waals surface area (Å²) >= 11 is 0. The molecule has 0 spiro atoms. The molecule has 146 valence electrons.